The summed E-state index contributed by atoms with van der Waals surface area (Å²) in [7, 11) is 2.10. The van der Waals surface area contributed by atoms with E-state index in [0.717, 1.165) is 49.2 Å². The number of hydrogen-bond acceptors (Lipinski definition) is 4. The van der Waals surface area contributed by atoms with Crippen LogP contribution in [-0.4, -0.2) is 41.7 Å². The largest absolute Gasteiger partial charge is 0.380 e. The van der Waals surface area contributed by atoms with E-state index in [-0.39, 0.29) is 11.5 Å². The highest BCUT2D eigenvalue weighted by Crippen LogP contribution is 2.50. The quantitative estimate of drug-likeness (QED) is 0.843. The van der Waals surface area contributed by atoms with Gasteiger partial charge in [0.15, 0.2) is 0 Å². The van der Waals surface area contributed by atoms with Gasteiger partial charge in [-0.25, -0.2) is 0 Å². The predicted octanol–water partition coefficient (Wildman–Crippen LogP) is 4.24. The summed E-state index contributed by atoms with van der Waals surface area (Å²) in [6, 6.07) is 10.6. The summed E-state index contributed by atoms with van der Waals surface area (Å²) in [6.07, 6.45) is 5.91. The van der Waals surface area contributed by atoms with E-state index < -0.39 is 5.60 Å². The summed E-state index contributed by atoms with van der Waals surface area (Å²) in [5.41, 5.74) is 2.82. The van der Waals surface area contributed by atoms with Crippen molar-refractivity contribution >= 4 is 0 Å². The minimum absolute atomic E-state index is 0.0943. The summed E-state index contributed by atoms with van der Waals surface area (Å²) < 4.78 is 5.87. The number of aromatic nitrogens is 1. The summed E-state index contributed by atoms with van der Waals surface area (Å²) in [5.74, 6) is 0.470. The molecular weight excluding hydrogens is 348 g/mol. The molecule has 3 heterocycles. The first-order valence-corrected chi connectivity index (χ1v) is 10.4. The van der Waals surface area contributed by atoms with Gasteiger partial charge in [-0.2, -0.15) is 0 Å². The van der Waals surface area contributed by atoms with E-state index >= 15 is 0 Å². The molecule has 4 heteroatoms. The highest BCUT2D eigenvalue weighted by atomic mass is 16.5. The van der Waals surface area contributed by atoms with E-state index in [9.17, 15) is 5.11 Å². The lowest BCUT2D eigenvalue weighted by Gasteiger charge is -2.56. The Kier molecular flexibility index (Phi) is 5.07. The fourth-order valence-electron chi connectivity index (χ4n) is 5.02. The van der Waals surface area contributed by atoms with Gasteiger partial charge in [0.05, 0.1) is 6.10 Å². The molecule has 0 bridgehead atoms. The van der Waals surface area contributed by atoms with Crippen LogP contribution in [0.5, 0.6) is 0 Å². The molecule has 2 fully saturated rings. The zero-order valence-electron chi connectivity index (χ0n) is 17.5. The van der Waals surface area contributed by atoms with E-state index in [0.29, 0.717) is 5.92 Å². The monoisotopic (exact) mass is 380 g/mol. The highest BCUT2D eigenvalue weighted by Gasteiger charge is 2.55. The van der Waals surface area contributed by atoms with E-state index in [4.69, 9.17) is 4.74 Å². The van der Waals surface area contributed by atoms with Crippen LogP contribution in [0, 0.1) is 5.41 Å². The Morgan fingerprint density at radius 2 is 1.89 bits per heavy atom. The molecule has 4 rings (SSSR count). The fraction of sp³-hybridized carbons (Fsp3) is 0.542. The van der Waals surface area contributed by atoms with Crippen LogP contribution in [0.1, 0.15) is 67.9 Å². The van der Waals surface area contributed by atoms with Crippen LogP contribution >= 0.6 is 0 Å². The normalized spacial score (nSPS) is 24.1. The lowest BCUT2D eigenvalue weighted by Crippen LogP contribution is -2.63. The average Bonchev–Trinajstić information content (AvgIpc) is 3.21. The van der Waals surface area contributed by atoms with Crippen molar-refractivity contribution < 1.29 is 9.84 Å². The maximum absolute atomic E-state index is 12.2. The molecule has 2 aliphatic heterocycles. The second-order valence-corrected chi connectivity index (χ2v) is 9.23. The Labute approximate surface area is 168 Å². The SMILES string of the molecule is CC(C)c1ccc(C(O)(c2cncc(C3CCCO3)c2)C2(C)CN(C)C2)cc1. The van der Waals surface area contributed by atoms with Crippen molar-refractivity contribution in [1.82, 2.24) is 9.88 Å². The first kappa shape index (κ1) is 19.6. The number of benzene rings is 1. The topological polar surface area (TPSA) is 45.6 Å². The molecule has 1 aromatic heterocycles. The van der Waals surface area contributed by atoms with E-state index in [1.54, 1.807) is 0 Å². The van der Waals surface area contributed by atoms with Crippen molar-refractivity contribution in [2.24, 2.45) is 5.41 Å². The third-order valence-corrected chi connectivity index (χ3v) is 6.59. The van der Waals surface area contributed by atoms with Crippen LogP contribution < -0.4 is 0 Å². The third-order valence-electron chi connectivity index (χ3n) is 6.59. The smallest absolute Gasteiger partial charge is 0.124 e. The number of aliphatic hydroxyl groups is 1. The molecule has 1 N–H and O–H groups in total. The molecule has 0 radical (unpaired) electrons. The van der Waals surface area contributed by atoms with Crippen molar-refractivity contribution in [2.75, 3.05) is 26.7 Å². The Hall–Kier alpha value is -1.75. The lowest BCUT2D eigenvalue weighted by molar-refractivity contribution is -0.127. The molecule has 0 spiro atoms. The maximum Gasteiger partial charge on any atom is 0.124 e. The lowest BCUT2D eigenvalue weighted by atomic mass is 9.62. The Morgan fingerprint density at radius 3 is 2.46 bits per heavy atom. The fourth-order valence-corrected chi connectivity index (χ4v) is 5.02. The molecule has 2 aliphatic rings. The van der Waals surface area contributed by atoms with Gasteiger partial charge in [-0.15, -0.1) is 0 Å². The minimum atomic E-state index is -1.09. The van der Waals surface area contributed by atoms with Crippen LogP contribution in [0.3, 0.4) is 0 Å². The van der Waals surface area contributed by atoms with Crippen LogP contribution in [-0.2, 0) is 10.3 Å². The molecule has 0 amide bonds. The molecule has 2 unspecified atom stereocenters. The molecule has 28 heavy (non-hydrogen) atoms. The predicted molar refractivity (Wildman–Crippen MR) is 111 cm³/mol. The highest BCUT2D eigenvalue weighted by molar-refractivity contribution is 5.42. The van der Waals surface area contributed by atoms with Gasteiger partial charge in [0.1, 0.15) is 5.60 Å². The van der Waals surface area contributed by atoms with E-state index in [1.165, 1.54) is 5.56 Å². The van der Waals surface area contributed by atoms with Crippen molar-refractivity contribution in [3.8, 4) is 0 Å². The van der Waals surface area contributed by atoms with Crippen LogP contribution in [0.15, 0.2) is 42.7 Å². The van der Waals surface area contributed by atoms with Crippen molar-refractivity contribution in [3.63, 3.8) is 0 Å². The Bertz CT molecular complexity index is 821. The van der Waals surface area contributed by atoms with Gasteiger partial charge >= 0.3 is 0 Å². The molecule has 0 saturated carbocycles. The van der Waals surface area contributed by atoms with Crippen LogP contribution in [0.4, 0.5) is 0 Å². The molecule has 0 aliphatic carbocycles. The first-order valence-electron chi connectivity index (χ1n) is 10.4. The summed E-state index contributed by atoms with van der Waals surface area (Å²) in [5, 5.41) is 12.2. The number of likely N-dealkylation sites (tertiary alicyclic amines) is 1. The zero-order valence-corrected chi connectivity index (χ0v) is 17.5. The maximum atomic E-state index is 12.2. The van der Waals surface area contributed by atoms with Gasteiger partial charge in [-0.05, 0) is 48.6 Å². The molecule has 150 valence electrons. The van der Waals surface area contributed by atoms with Crippen molar-refractivity contribution in [3.05, 3.63) is 65.0 Å². The summed E-state index contributed by atoms with van der Waals surface area (Å²) in [4.78, 5) is 6.76. The summed E-state index contributed by atoms with van der Waals surface area (Å²) >= 11 is 0. The average molecular weight is 381 g/mol. The van der Waals surface area contributed by atoms with E-state index in [1.807, 2.05) is 12.4 Å². The van der Waals surface area contributed by atoms with Crippen molar-refractivity contribution in [1.29, 1.82) is 0 Å². The molecular formula is C24H32N2O2. The Balaban J connectivity index is 1.79. The number of pyridine rings is 1. The van der Waals surface area contributed by atoms with Crippen LogP contribution in [0.2, 0.25) is 0 Å². The van der Waals surface area contributed by atoms with Gasteiger partial charge < -0.3 is 14.7 Å². The Morgan fingerprint density at radius 1 is 1.18 bits per heavy atom. The molecule has 1 aromatic carbocycles. The number of ether oxygens (including phenoxy) is 1. The number of nitrogens with zero attached hydrogens (tertiary/aromatic N) is 2. The zero-order chi connectivity index (χ0) is 19.9. The van der Waals surface area contributed by atoms with E-state index in [2.05, 4.69) is 68.0 Å². The summed E-state index contributed by atoms with van der Waals surface area (Å²) in [6.45, 7) is 9.07. The second kappa shape index (κ2) is 7.25. The minimum Gasteiger partial charge on any atom is -0.380 e. The van der Waals surface area contributed by atoms with Gasteiger partial charge in [-0.1, -0.05) is 45.0 Å². The molecule has 4 nitrogen and oxygen atoms in total. The van der Waals surface area contributed by atoms with Gasteiger partial charge in [0, 0.05) is 43.1 Å². The van der Waals surface area contributed by atoms with Gasteiger partial charge in [0.2, 0.25) is 0 Å². The molecule has 2 aromatic rings. The number of hydrogen-bond donors (Lipinski definition) is 1. The van der Waals surface area contributed by atoms with Crippen LogP contribution in [0.25, 0.3) is 0 Å². The van der Waals surface area contributed by atoms with Gasteiger partial charge in [0.25, 0.3) is 0 Å². The first-order chi connectivity index (χ1) is 13.3. The standard InChI is InChI=1S/C24H32N2O2/c1-17(2)18-7-9-20(10-8-18)24(27,23(3)15-26(4)16-23)21-12-19(13-25-14-21)22-6-5-11-28-22/h7-10,12-14,17,22,27H,5-6,11,15-16H2,1-4H3. The number of rotatable bonds is 5. The van der Waals surface area contributed by atoms with Crippen molar-refractivity contribution in [2.45, 2.75) is 51.2 Å². The third kappa shape index (κ3) is 3.18. The molecule has 2 saturated heterocycles. The second-order valence-electron chi connectivity index (χ2n) is 9.23. The molecule has 2 atom stereocenters. The van der Waals surface area contributed by atoms with Gasteiger partial charge in [-0.3, -0.25) is 4.98 Å².